The van der Waals surface area contributed by atoms with Crippen LogP contribution in [-0.4, -0.2) is 33.5 Å². The molecule has 32 heavy (non-hydrogen) atoms. The standard InChI is InChI=1S/C25H20ClN5S/c26-18-11-9-16(10-12-18)19-15-20(17-7-3-1-4-8-17)27-25-21(19)22-23(32-25)24(29-30-28-22)31-13-5-2-6-14-31/h1,3-4,7-12,15H,2,5-6,13-14H2. The van der Waals surface area contributed by atoms with Gasteiger partial charge in [0.1, 0.15) is 15.0 Å². The minimum absolute atomic E-state index is 0.717. The van der Waals surface area contributed by atoms with Gasteiger partial charge in [-0.05, 0) is 53.8 Å². The van der Waals surface area contributed by atoms with Crippen molar-refractivity contribution >= 4 is 49.2 Å². The third-order valence-corrected chi connectivity index (χ3v) is 7.33. The maximum absolute atomic E-state index is 6.18. The van der Waals surface area contributed by atoms with Gasteiger partial charge < -0.3 is 4.90 Å². The van der Waals surface area contributed by atoms with Crippen molar-refractivity contribution in [2.75, 3.05) is 18.0 Å². The summed E-state index contributed by atoms with van der Waals surface area (Å²) >= 11 is 7.84. The van der Waals surface area contributed by atoms with Gasteiger partial charge in [0.05, 0.1) is 5.69 Å². The van der Waals surface area contributed by atoms with Crippen molar-refractivity contribution in [2.45, 2.75) is 19.3 Å². The third kappa shape index (κ3) is 3.40. The van der Waals surface area contributed by atoms with E-state index in [-0.39, 0.29) is 0 Å². The number of halogens is 1. The molecule has 7 heteroatoms. The van der Waals surface area contributed by atoms with Crippen molar-refractivity contribution in [3.8, 4) is 22.4 Å². The second-order valence-corrected chi connectivity index (χ2v) is 9.48. The lowest BCUT2D eigenvalue weighted by Crippen LogP contribution is -2.30. The molecule has 1 aliphatic rings. The Hall–Kier alpha value is -3.09. The highest BCUT2D eigenvalue weighted by Crippen LogP contribution is 2.42. The summed E-state index contributed by atoms with van der Waals surface area (Å²) in [4.78, 5) is 8.35. The quantitative estimate of drug-likeness (QED) is 0.305. The van der Waals surface area contributed by atoms with Crippen LogP contribution in [-0.2, 0) is 0 Å². The van der Waals surface area contributed by atoms with Crippen molar-refractivity contribution in [3.05, 3.63) is 65.7 Å². The van der Waals surface area contributed by atoms with Crippen LogP contribution in [0, 0.1) is 0 Å². The predicted octanol–water partition coefficient (Wildman–Crippen LogP) is 6.61. The van der Waals surface area contributed by atoms with Crippen molar-refractivity contribution in [2.24, 2.45) is 0 Å². The van der Waals surface area contributed by atoms with Crippen molar-refractivity contribution in [3.63, 3.8) is 0 Å². The van der Waals surface area contributed by atoms with Gasteiger partial charge in [0.25, 0.3) is 0 Å². The number of thiophene rings is 1. The van der Waals surface area contributed by atoms with Gasteiger partial charge in [0.15, 0.2) is 5.82 Å². The van der Waals surface area contributed by atoms with Gasteiger partial charge in [-0.2, -0.15) is 0 Å². The molecular formula is C25H20ClN5S. The van der Waals surface area contributed by atoms with Crippen LogP contribution in [0.1, 0.15) is 19.3 Å². The fraction of sp³-hybridized carbons (Fsp3) is 0.200. The van der Waals surface area contributed by atoms with Crippen LogP contribution < -0.4 is 4.90 Å². The molecule has 1 saturated heterocycles. The van der Waals surface area contributed by atoms with E-state index in [0.29, 0.717) is 5.02 Å². The van der Waals surface area contributed by atoms with E-state index >= 15 is 0 Å². The molecule has 2 aromatic carbocycles. The van der Waals surface area contributed by atoms with Crippen LogP contribution in [0.15, 0.2) is 60.7 Å². The van der Waals surface area contributed by atoms with Crippen LogP contribution >= 0.6 is 22.9 Å². The number of rotatable bonds is 3. The molecule has 0 atom stereocenters. The number of hydrogen-bond acceptors (Lipinski definition) is 6. The molecule has 158 valence electrons. The first-order valence-electron chi connectivity index (χ1n) is 10.8. The smallest absolute Gasteiger partial charge is 0.172 e. The second-order valence-electron chi connectivity index (χ2n) is 8.05. The molecule has 0 aliphatic carbocycles. The Bertz CT molecular complexity index is 1410. The average molecular weight is 458 g/mol. The monoisotopic (exact) mass is 457 g/mol. The summed E-state index contributed by atoms with van der Waals surface area (Å²) in [5.74, 6) is 0.931. The van der Waals surface area contributed by atoms with E-state index in [0.717, 1.165) is 61.7 Å². The Kier molecular flexibility index (Phi) is 4.97. The summed E-state index contributed by atoms with van der Waals surface area (Å²) in [6, 6.07) is 20.4. The average Bonchev–Trinajstić information content (AvgIpc) is 3.24. The van der Waals surface area contributed by atoms with Gasteiger partial charge in [-0.15, -0.1) is 21.5 Å². The maximum atomic E-state index is 6.18. The lowest BCUT2D eigenvalue weighted by molar-refractivity contribution is 0.571. The van der Waals surface area contributed by atoms with Gasteiger partial charge in [-0.25, -0.2) is 4.98 Å². The summed E-state index contributed by atoms with van der Waals surface area (Å²) < 4.78 is 1.06. The Morgan fingerprint density at radius 2 is 1.62 bits per heavy atom. The number of anilines is 1. The molecule has 0 bridgehead atoms. The van der Waals surface area contributed by atoms with E-state index in [9.17, 15) is 0 Å². The van der Waals surface area contributed by atoms with Crippen LogP contribution in [0.25, 0.3) is 42.8 Å². The minimum atomic E-state index is 0.717. The molecule has 1 fully saturated rings. The van der Waals surface area contributed by atoms with Crippen LogP contribution in [0.3, 0.4) is 0 Å². The fourth-order valence-corrected chi connectivity index (χ4v) is 5.68. The molecule has 0 N–H and O–H groups in total. The molecule has 1 aliphatic heterocycles. The summed E-state index contributed by atoms with van der Waals surface area (Å²) in [6.45, 7) is 2.02. The molecule has 0 radical (unpaired) electrons. The Balaban J connectivity index is 1.64. The summed E-state index contributed by atoms with van der Waals surface area (Å²) in [6.07, 6.45) is 3.64. The summed E-state index contributed by atoms with van der Waals surface area (Å²) in [7, 11) is 0. The second kappa shape index (κ2) is 8.11. The summed E-state index contributed by atoms with van der Waals surface area (Å²) in [5, 5.41) is 14.8. The topological polar surface area (TPSA) is 54.8 Å². The highest BCUT2D eigenvalue weighted by atomic mass is 35.5. The van der Waals surface area contributed by atoms with Crippen molar-refractivity contribution in [1.29, 1.82) is 0 Å². The molecule has 0 unspecified atom stereocenters. The van der Waals surface area contributed by atoms with Gasteiger partial charge in [-0.1, -0.05) is 54.1 Å². The maximum Gasteiger partial charge on any atom is 0.172 e. The van der Waals surface area contributed by atoms with E-state index in [1.54, 1.807) is 11.3 Å². The molecule has 0 amide bonds. The normalized spacial score (nSPS) is 14.3. The zero-order chi connectivity index (χ0) is 21.5. The number of fused-ring (bicyclic) bond motifs is 3. The summed E-state index contributed by atoms with van der Waals surface area (Å²) in [5.41, 5.74) is 5.06. The molecule has 4 heterocycles. The van der Waals surface area contributed by atoms with E-state index in [4.69, 9.17) is 16.6 Å². The van der Waals surface area contributed by atoms with Gasteiger partial charge in [-0.3, -0.25) is 0 Å². The molecule has 0 spiro atoms. The van der Waals surface area contributed by atoms with Gasteiger partial charge in [0.2, 0.25) is 0 Å². The van der Waals surface area contributed by atoms with Crippen molar-refractivity contribution in [1.82, 2.24) is 20.4 Å². The van der Waals surface area contributed by atoms with E-state index in [1.165, 1.54) is 19.3 Å². The number of pyridine rings is 1. The minimum Gasteiger partial charge on any atom is -0.354 e. The first-order valence-corrected chi connectivity index (χ1v) is 12.0. The van der Waals surface area contributed by atoms with Gasteiger partial charge >= 0.3 is 0 Å². The molecule has 3 aromatic heterocycles. The lowest BCUT2D eigenvalue weighted by atomic mass is 10.00. The highest BCUT2D eigenvalue weighted by molar-refractivity contribution is 7.26. The van der Waals surface area contributed by atoms with E-state index in [1.807, 2.05) is 30.3 Å². The van der Waals surface area contributed by atoms with Crippen molar-refractivity contribution < 1.29 is 0 Å². The van der Waals surface area contributed by atoms with E-state index < -0.39 is 0 Å². The Labute approximate surface area is 194 Å². The molecule has 5 aromatic rings. The molecule has 5 nitrogen and oxygen atoms in total. The first kappa shape index (κ1) is 19.6. The van der Waals surface area contributed by atoms with Crippen LogP contribution in [0.4, 0.5) is 5.82 Å². The predicted molar refractivity (Wildman–Crippen MR) is 132 cm³/mol. The highest BCUT2D eigenvalue weighted by Gasteiger charge is 2.22. The lowest BCUT2D eigenvalue weighted by Gasteiger charge is -2.27. The number of piperidine rings is 1. The van der Waals surface area contributed by atoms with E-state index in [2.05, 4.69) is 50.6 Å². The molecular weight excluding hydrogens is 438 g/mol. The number of benzene rings is 2. The first-order chi connectivity index (χ1) is 15.8. The SMILES string of the molecule is Clc1ccc(-c2cc(-c3ccccc3)nc3sc4c(N5CCCCC5)nnnc4c23)cc1. The third-order valence-electron chi connectivity index (χ3n) is 6.00. The fourth-order valence-electron chi connectivity index (χ4n) is 4.41. The number of hydrogen-bond donors (Lipinski definition) is 0. The van der Waals surface area contributed by atoms with Gasteiger partial charge in [0, 0.05) is 29.1 Å². The van der Waals surface area contributed by atoms with Crippen LogP contribution in [0.2, 0.25) is 5.02 Å². The molecule has 6 rings (SSSR count). The zero-order valence-corrected chi connectivity index (χ0v) is 18.9. The molecule has 0 saturated carbocycles. The zero-order valence-electron chi connectivity index (χ0n) is 17.3. The number of nitrogens with zero attached hydrogens (tertiary/aromatic N) is 5. The largest absolute Gasteiger partial charge is 0.354 e. The van der Waals surface area contributed by atoms with Crippen LogP contribution in [0.5, 0.6) is 0 Å². The number of aromatic nitrogens is 4. The Morgan fingerprint density at radius 1 is 0.844 bits per heavy atom. The Morgan fingerprint density at radius 3 is 2.41 bits per heavy atom.